The minimum absolute atomic E-state index is 0.0501. The number of aromatic nitrogens is 1. The molecule has 1 atom stereocenters. The van der Waals surface area contributed by atoms with Gasteiger partial charge in [0.15, 0.2) is 0 Å². The maximum Gasteiger partial charge on any atom is 0.319 e. The van der Waals surface area contributed by atoms with Gasteiger partial charge in [0.2, 0.25) is 0 Å². The lowest BCUT2D eigenvalue weighted by molar-refractivity contribution is 0.165. The molecular weight excluding hydrogens is 309 g/mol. The minimum Gasteiger partial charge on any atom is -0.383 e. The number of hydrogen-bond acceptors (Lipinski definition) is 3. The quantitative estimate of drug-likeness (QED) is 0.847. The number of rotatable bonds is 6. The normalized spacial score (nSPS) is 11.8. The number of urea groups is 1. The predicted octanol–water partition coefficient (Wildman–Crippen LogP) is 3.74. The largest absolute Gasteiger partial charge is 0.383 e. The summed E-state index contributed by atoms with van der Waals surface area (Å²) >= 11 is 0. The van der Waals surface area contributed by atoms with Crippen molar-refractivity contribution < 1.29 is 13.9 Å². The van der Waals surface area contributed by atoms with E-state index in [1.165, 1.54) is 6.07 Å². The fourth-order valence-corrected chi connectivity index (χ4v) is 2.31. The number of ether oxygens (including phenoxy) is 1. The summed E-state index contributed by atoms with van der Waals surface area (Å²) in [7, 11) is 1.60. The van der Waals surface area contributed by atoms with Gasteiger partial charge in [-0.1, -0.05) is 19.1 Å². The van der Waals surface area contributed by atoms with Gasteiger partial charge < -0.3 is 15.4 Å². The summed E-state index contributed by atoms with van der Waals surface area (Å²) in [5.74, 6) is -0.398. The zero-order chi connectivity index (χ0) is 17.5. The molecule has 0 fully saturated rings. The molecule has 24 heavy (non-hydrogen) atoms. The van der Waals surface area contributed by atoms with E-state index in [0.717, 1.165) is 23.7 Å². The van der Waals surface area contributed by atoms with E-state index in [2.05, 4.69) is 15.6 Å². The third-order valence-electron chi connectivity index (χ3n) is 3.72. The Balaban J connectivity index is 2.15. The van der Waals surface area contributed by atoms with Crippen LogP contribution in [0.25, 0.3) is 11.1 Å². The van der Waals surface area contributed by atoms with Crippen LogP contribution in [0, 0.1) is 12.7 Å². The molecule has 1 aromatic heterocycles. The smallest absolute Gasteiger partial charge is 0.319 e. The second-order valence-corrected chi connectivity index (χ2v) is 5.58. The molecular formula is C18H22FN3O2. The highest BCUT2D eigenvalue weighted by molar-refractivity contribution is 5.91. The van der Waals surface area contributed by atoms with Crippen LogP contribution in [0.5, 0.6) is 0 Å². The molecule has 1 aromatic carbocycles. The van der Waals surface area contributed by atoms with E-state index in [1.807, 2.05) is 32.0 Å². The summed E-state index contributed by atoms with van der Waals surface area (Å²) in [6, 6.07) is 6.62. The van der Waals surface area contributed by atoms with Crippen molar-refractivity contribution in [2.75, 3.05) is 19.0 Å². The van der Waals surface area contributed by atoms with Crippen LogP contribution in [0.3, 0.4) is 0 Å². The number of aryl methyl sites for hydroxylation is 1. The molecule has 1 heterocycles. The monoisotopic (exact) mass is 331 g/mol. The zero-order valence-electron chi connectivity index (χ0n) is 14.1. The summed E-state index contributed by atoms with van der Waals surface area (Å²) in [5, 5.41) is 5.70. The number of pyridine rings is 1. The van der Waals surface area contributed by atoms with Crippen LogP contribution >= 0.6 is 0 Å². The molecule has 2 N–H and O–H groups in total. The van der Waals surface area contributed by atoms with Crippen molar-refractivity contribution in [3.05, 3.63) is 48.0 Å². The Morgan fingerprint density at radius 3 is 2.75 bits per heavy atom. The first-order chi connectivity index (χ1) is 11.5. The van der Waals surface area contributed by atoms with Gasteiger partial charge in [-0.25, -0.2) is 9.18 Å². The molecule has 0 unspecified atom stereocenters. The Morgan fingerprint density at radius 2 is 2.08 bits per heavy atom. The van der Waals surface area contributed by atoms with E-state index in [1.54, 1.807) is 13.3 Å². The Morgan fingerprint density at radius 1 is 1.29 bits per heavy atom. The predicted molar refractivity (Wildman–Crippen MR) is 92.5 cm³/mol. The third-order valence-corrected chi connectivity index (χ3v) is 3.72. The number of amides is 2. The van der Waals surface area contributed by atoms with Crippen LogP contribution < -0.4 is 10.6 Å². The maximum atomic E-state index is 13.3. The first-order valence-electron chi connectivity index (χ1n) is 7.81. The van der Waals surface area contributed by atoms with Crippen LogP contribution in [0.2, 0.25) is 0 Å². The van der Waals surface area contributed by atoms with E-state index in [9.17, 15) is 9.18 Å². The van der Waals surface area contributed by atoms with Crippen molar-refractivity contribution in [1.82, 2.24) is 10.3 Å². The van der Waals surface area contributed by atoms with E-state index in [4.69, 9.17) is 4.74 Å². The van der Waals surface area contributed by atoms with Crippen molar-refractivity contribution >= 4 is 11.7 Å². The Bertz CT molecular complexity index is 706. The highest BCUT2D eigenvalue weighted by Crippen LogP contribution is 2.25. The molecule has 0 spiro atoms. The average molecular weight is 331 g/mol. The highest BCUT2D eigenvalue weighted by Gasteiger charge is 2.12. The van der Waals surface area contributed by atoms with Crippen LogP contribution in [0.1, 0.15) is 18.9 Å². The van der Waals surface area contributed by atoms with Crippen molar-refractivity contribution in [3.8, 4) is 11.1 Å². The number of nitrogens with zero attached hydrogens (tertiary/aromatic N) is 1. The Labute approximate surface area is 141 Å². The lowest BCUT2D eigenvalue weighted by Gasteiger charge is -2.17. The van der Waals surface area contributed by atoms with E-state index in [-0.39, 0.29) is 12.1 Å². The number of methoxy groups -OCH3 is 1. The van der Waals surface area contributed by atoms with Crippen LogP contribution in [-0.2, 0) is 4.74 Å². The maximum absolute atomic E-state index is 13.3. The SMILES string of the molecule is CC[C@H](COC)NC(=O)Nc1cc(-c2cncc(F)c2)ccc1C. The molecule has 128 valence electrons. The van der Waals surface area contributed by atoms with Crippen molar-refractivity contribution in [3.63, 3.8) is 0 Å². The first kappa shape index (κ1) is 17.9. The molecule has 2 aromatic rings. The lowest BCUT2D eigenvalue weighted by atomic mass is 10.0. The van der Waals surface area contributed by atoms with Gasteiger partial charge in [-0.2, -0.15) is 0 Å². The molecule has 2 rings (SSSR count). The van der Waals surface area contributed by atoms with Gasteiger partial charge in [0.1, 0.15) is 5.82 Å². The van der Waals surface area contributed by atoms with E-state index < -0.39 is 5.82 Å². The van der Waals surface area contributed by atoms with Gasteiger partial charge in [0.25, 0.3) is 0 Å². The Kier molecular flexibility index (Phi) is 6.26. The number of halogens is 1. The molecule has 0 bridgehead atoms. The standard InChI is InChI=1S/C18H22FN3O2/c1-4-16(11-24-3)21-18(23)22-17-8-13(6-5-12(17)2)14-7-15(19)10-20-9-14/h5-10,16H,4,11H2,1-3H3,(H2,21,22,23)/t16-/m1/s1. The molecule has 5 nitrogen and oxygen atoms in total. The molecule has 6 heteroatoms. The van der Waals surface area contributed by atoms with Gasteiger partial charge in [-0.05, 0) is 36.6 Å². The van der Waals surface area contributed by atoms with Crippen LogP contribution in [0.15, 0.2) is 36.7 Å². The summed E-state index contributed by atoms with van der Waals surface area (Å²) in [4.78, 5) is 16.0. The summed E-state index contributed by atoms with van der Waals surface area (Å²) in [5.41, 5.74) is 3.02. The molecule has 0 radical (unpaired) electrons. The fraction of sp³-hybridized carbons (Fsp3) is 0.333. The molecule has 2 amide bonds. The zero-order valence-corrected chi connectivity index (χ0v) is 14.1. The van der Waals surface area contributed by atoms with Gasteiger partial charge in [-0.3, -0.25) is 4.98 Å². The summed E-state index contributed by atoms with van der Waals surface area (Å²) in [6.45, 7) is 4.33. The topological polar surface area (TPSA) is 63.2 Å². The van der Waals surface area contributed by atoms with Gasteiger partial charge in [-0.15, -0.1) is 0 Å². The number of carbonyl (C=O) groups is 1. The molecule has 0 aliphatic carbocycles. The minimum atomic E-state index is -0.398. The van der Waals surface area contributed by atoms with Crippen molar-refractivity contribution in [2.45, 2.75) is 26.3 Å². The second-order valence-electron chi connectivity index (χ2n) is 5.58. The third kappa shape index (κ3) is 4.76. The van der Waals surface area contributed by atoms with Gasteiger partial charge in [0, 0.05) is 24.6 Å². The first-order valence-corrected chi connectivity index (χ1v) is 7.81. The van der Waals surface area contributed by atoms with Gasteiger partial charge >= 0.3 is 6.03 Å². The van der Waals surface area contributed by atoms with E-state index in [0.29, 0.717) is 17.9 Å². The van der Waals surface area contributed by atoms with Crippen LogP contribution in [-0.4, -0.2) is 30.8 Å². The number of hydrogen-bond donors (Lipinski definition) is 2. The lowest BCUT2D eigenvalue weighted by Crippen LogP contribution is -2.40. The van der Waals surface area contributed by atoms with E-state index >= 15 is 0 Å². The molecule has 0 aliphatic heterocycles. The number of nitrogens with one attached hydrogen (secondary N) is 2. The number of benzene rings is 1. The van der Waals surface area contributed by atoms with Crippen molar-refractivity contribution in [2.24, 2.45) is 0 Å². The average Bonchev–Trinajstić information content (AvgIpc) is 2.56. The van der Waals surface area contributed by atoms with Crippen LogP contribution in [0.4, 0.5) is 14.9 Å². The fourth-order valence-electron chi connectivity index (χ4n) is 2.31. The second kappa shape index (κ2) is 8.40. The molecule has 0 saturated carbocycles. The summed E-state index contributed by atoms with van der Waals surface area (Å²) in [6.07, 6.45) is 3.52. The summed E-state index contributed by atoms with van der Waals surface area (Å²) < 4.78 is 18.4. The number of carbonyl (C=O) groups excluding carboxylic acids is 1. The highest BCUT2D eigenvalue weighted by atomic mass is 19.1. The van der Waals surface area contributed by atoms with Gasteiger partial charge in [0.05, 0.1) is 18.8 Å². The molecule has 0 saturated heterocycles. The Hall–Kier alpha value is -2.47. The molecule has 0 aliphatic rings. The number of anilines is 1. The van der Waals surface area contributed by atoms with Crippen molar-refractivity contribution in [1.29, 1.82) is 0 Å².